The lowest BCUT2D eigenvalue weighted by atomic mass is 10.2. The minimum absolute atomic E-state index is 0.0310. The van der Waals surface area contributed by atoms with Crippen LogP contribution in [-0.4, -0.2) is 44.7 Å². The van der Waals surface area contributed by atoms with Crippen molar-refractivity contribution in [3.8, 4) is 11.5 Å². The van der Waals surface area contributed by atoms with E-state index in [9.17, 15) is 8.78 Å². The van der Waals surface area contributed by atoms with Crippen molar-refractivity contribution in [2.75, 3.05) is 27.2 Å². The summed E-state index contributed by atoms with van der Waals surface area (Å²) >= 11 is 0. The topological polar surface area (TPSA) is 46.1 Å². The van der Waals surface area contributed by atoms with Crippen LogP contribution in [0.4, 0.5) is 8.78 Å². The number of hydrogen-bond acceptors (Lipinski definition) is 5. The lowest BCUT2D eigenvalue weighted by molar-refractivity contribution is -0.0512. The quantitative estimate of drug-likeness (QED) is 0.894. The molecule has 1 aromatic rings. The third kappa shape index (κ3) is 3.49. The molecule has 1 heterocycles. The molecule has 7 heteroatoms. The minimum atomic E-state index is -2.88. The van der Waals surface area contributed by atoms with Gasteiger partial charge in [-0.1, -0.05) is 6.07 Å². The standard InChI is InChI=1S/C13H17F2N3O2/c1-18-6-5-16-13(18)17-8-9-3-4-10(19-2)11(7-9)20-12(14)15/h3-4,7,12H,5-6,8H2,1-2H3,(H,16,17). The van der Waals surface area contributed by atoms with Gasteiger partial charge in [-0.05, 0) is 17.7 Å². The van der Waals surface area contributed by atoms with Crippen LogP contribution in [0.5, 0.6) is 11.5 Å². The van der Waals surface area contributed by atoms with Crippen LogP contribution in [0.25, 0.3) is 0 Å². The predicted molar refractivity (Wildman–Crippen MR) is 71.4 cm³/mol. The number of ether oxygens (including phenoxy) is 2. The third-order valence-electron chi connectivity index (χ3n) is 2.95. The van der Waals surface area contributed by atoms with E-state index < -0.39 is 6.61 Å². The van der Waals surface area contributed by atoms with Crippen molar-refractivity contribution < 1.29 is 18.3 Å². The van der Waals surface area contributed by atoms with Gasteiger partial charge < -0.3 is 19.7 Å². The van der Waals surface area contributed by atoms with E-state index in [0.29, 0.717) is 6.54 Å². The fourth-order valence-electron chi connectivity index (χ4n) is 1.92. The third-order valence-corrected chi connectivity index (χ3v) is 2.95. The summed E-state index contributed by atoms with van der Waals surface area (Å²) < 4.78 is 34.1. The highest BCUT2D eigenvalue weighted by atomic mass is 19.3. The molecule has 1 N–H and O–H groups in total. The van der Waals surface area contributed by atoms with Gasteiger partial charge in [0.15, 0.2) is 17.5 Å². The monoisotopic (exact) mass is 285 g/mol. The number of aliphatic imine (C=N–C) groups is 1. The Morgan fingerprint density at radius 1 is 1.40 bits per heavy atom. The molecule has 0 spiro atoms. The molecular weight excluding hydrogens is 268 g/mol. The first-order chi connectivity index (χ1) is 9.60. The van der Waals surface area contributed by atoms with Gasteiger partial charge >= 0.3 is 6.61 Å². The van der Waals surface area contributed by atoms with Crippen LogP contribution in [0.1, 0.15) is 5.56 Å². The SMILES string of the molecule is COc1ccc(CNC2=NCCN2C)cc1OC(F)F. The fraction of sp³-hybridized carbons (Fsp3) is 0.462. The Labute approximate surface area is 116 Å². The number of rotatable bonds is 5. The average molecular weight is 285 g/mol. The second-order valence-electron chi connectivity index (χ2n) is 4.34. The molecule has 1 aliphatic heterocycles. The van der Waals surface area contributed by atoms with Gasteiger partial charge in [-0.25, -0.2) is 0 Å². The van der Waals surface area contributed by atoms with Crippen LogP contribution in [0.15, 0.2) is 23.2 Å². The molecule has 0 fully saturated rings. The van der Waals surface area contributed by atoms with Crippen molar-refractivity contribution in [2.45, 2.75) is 13.2 Å². The Bertz CT molecular complexity index is 495. The number of guanidine groups is 1. The fourth-order valence-corrected chi connectivity index (χ4v) is 1.92. The van der Waals surface area contributed by atoms with Gasteiger partial charge in [-0.15, -0.1) is 0 Å². The van der Waals surface area contributed by atoms with Gasteiger partial charge in [0.2, 0.25) is 0 Å². The van der Waals surface area contributed by atoms with Gasteiger partial charge in [0.25, 0.3) is 0 Å². The smallest absolute Gasteiger partial charge is 0.387 e. The Balaban J connectivity index is 2.04. The Hall–Kier alpha value is -2.05. The van der Waals surface area contributed by atoms with E-state index in [1.165, 1.54) is 13.2 Å². The summed E-state index contributed by atoms with van der Waals surface area (Å²) in [5.74, 6) is 1.12. The summed E-state index contributed by atoms with van der Waals surface area (Å²) in [5, 5.41) is 3.16. The summed E-state index contributed by atoms with van der Waals surface area (Å²) in [7, 11) is 3.35. The van der Waals surface area contributed by atoms with Gasteiger partial charge in [0, 0.05) is 20.1 Å². The maximum atomic E-state index is 12.3. The van der Waals surface area contributed by atoms with Gasteiger partial charge in [0.05, 0.1) is 13.7 Å². The number of alkyl halides is 2. The molecule has 110 valence electrons. The molecule has 0 saturated heterocycles. The zero-order chi connectivity index (χ0) is 14.5. The summed E-state index contributed by atoms with van der Waals surface area (Å²) in [6.07, 6.45) is 0. The molecule has 20 heavy (non-hydrogen) atoms. The number of benzene rings is 1. The Morgan fingerprint density at radius 2 is 2.20 bits per heavy atom. The van der Waals surface area contributed by atoms with E-state index in [1.807, 2.05) is 11.9 Å². The number of halogens is 2. The van der Waals surface area contributed by atoms with Crippen LogP contribution < -0.4 is 14.8 Å². The van der Waals surface area contributed by atoms with E-state index in [1.54, 1.807) is 12.1 Å². The van der Waals surface area contributed by atoms with E-state index in [-0.39, 0.29) is 11.5 Å². The molecule has 0 radical (unpaired) electrons. The van der Waals surface area contributed by atoms with Crippen molar-refractivity contribution >= 4 is 5.96 Å². The number of nitrogens with zero attached hydrogens (tertiary/aromatic N) is 2. The van der Waals surface area contributed by atoms with Gasteiger partial charge in [-0.2, -0.15) is 8.78 Å². The van der Waals surface area contributed by atoms with Crippen LogP contribution in [0.2, 0.25) is 0 Å². The first-order valence-electron chi connectivity index (χ1n) is 6.21. The average Bonchev–Trinajstić information content (AvgIpc) is 2.81. The van der Waals surface area contributed by atoms with Crippen molar-refractivity contribution in [3.63, 3.8) is 0 Å². The highest BCUT2D eigenvalue weighted by Crippen LogP contribution is 2.29. The Kier molecular flexibility index (Phi) is 4.60. The molecule has 0 amide bonds. The molecule has 5 nitrogen and oxygen atoms in total. The maximum absolute atomic E-state index is 12.3. The van der Waals surface area contributed by atoms with Gasteiger partial charge in [0.1, 0.15) is 0 Å². The largest absolute Gasteiger partial charge is 0.493 e. The molecular formula is C13H17F2N3O2. The number of methoxy groups -OCH3 is 1. The van der Waals surface area contributed by atoms with Crippen LogP contribution in [0.3, 0.4) is 0 Å². The molecule has 0 aromatic heterocycles. The number of hydrogen-bond donors (Lipinski definition) is 1. The molecule has 1 aromatic carbocycles. The highest BCUT2D eigenvalue weighted by molar-refractivity contribution is 5.81. The second kappa shape index (κ2) is 6.40. The maximum Gasteiger partial charge on any atom is 0.387 e. The van der Waals surface area contributed by atoms with E-state index >= 15 is 0 Å². The predicted octanol–water partition coefficient (Wildman–Crippen LogP) is 1.69. The summed E-state index contributed by atoms with van der Waals surface area (Å²) in [6, 6.07) is 4.93. The molecule has 0 unspecified atom stereocenters. The van der Waals surface area contributed by atoms with E-state index in [2.05, 4.69) is 15.0 Å². The van der Waals surface area contributed by atoms with Crippen LogP contribution in [-0.2, 0) is 6.54 Å². The normalized spacial score (nSPS) is 14.4. The second-order valence-corrected chi connectivity index (χ2v) is 4.34. The molecule has 2 rings (SSSR count). The lowest BCUT2D eigenvalue weighted by Gasteiger charge is -2.16. The summed E-state index contributed by atoms with van der Waals surface area (Å²) in [5.41, 5.74) is 0.810. The van der Waals surface area contributed by atoms with E-state index in [4.69, 9.17) is 4.74 Å². The summed E-state index contributed by atoms with van der Waals surface area (Å²) in [6.45, 7) is -0.754. The number of nitrogens with one attached hydrogen (secondary N) is 1. The highest BCUT2D eigenvalue weighted by Gasteiger charge is 2.13. The van der Waals surface area contributed by atoms with Crippen molar-refractivity contribution in [3.05, 3.63) is 23.8 Å². The van der Waals surface area contributed by atoms with Crippen molar-refractivity contribution in [2.24, 2.45) is 4.99 Å². The minimum Gasteiger partial charge on any atom is -0.493 e. The van der Waals surface area contributed by atoms with Crippen molar-refractivity contribution in [1.82, 2.24) is 10.2 Å². The first-order valence-corrected chi connectivity index (χ1v) is 6.21. The molecule has 0 atom stereocenters. The van der Waals surface area contributed by atoms with E-state index in [0.717, 1.165) is 24.6 Å². The number of likely N-dealkylation sites (N-methyl/N-ethyl adjacent to an activating group) is 1. The summed E-state index contributed by atoms with van der Waals surface area (Å²) in [4.78, 5) is 6.29. The molecule has 1 aliphatic rings. The van der Waals surface area contributed by atoms with Gasteiger partial charge in [-0.3, -0.25) is 4.99 Å². The molecule has 0 aliphatic carbocycles. The van der Waals surface area contributed by atoms with Crippen molar-refractivity contribution in [1.29, 1.82) is 0 Å². The molecule has 0 saturated carbocycles. The zero-order valence-corrected chi connectivity index (χ0v) is 11.4. The molecule has 0 bridgehead atoms. The van der Waals surface area contributed by atoms with Crippen LogP contribution >= 0.6 is 0 Å². The lowest BCUT2D eigenvalue weighted by Crippen LogP contribution is -2.35. The Morgan fingerprint density at radius 3 is 2.80 bits per heavy atom. The first kappa shape index (κ1) is 14.4. The van der Waals surface area contributed by atoms with Crippen LogP contribution in [0, 0.1) is 0 Å². The zero-order valence-electron chi connectivity index (χ0n) is 11.4.